The van der Waals surface area contributed by atoms with Gasteiger partial charge in [-0.1, -0.05) is 37.6 Å². The first kappa shape index (κ1) is 103. The summed E-state index contributed by atoms with van der Waals surface area (Å²) in [5.74, 6) is 1.24. The van der Waals surface area contributed by atoms with Crippen LogP contribution in [-0.4, -0.2) is 160 Å². The van der Waals surface area contributed by atoms with Gasteiger partial charge in [0.25, 0.3) is 24.1 Å². The Morgan fingerprint density at radius 3 is 1.00 bits per heavy atom. The van der Waals surface area contributed by atoms with E-state index in [1.54, 1.807) is 98.2 Å². The zero-order valence-electron chi connectivity index (χ0n) is 76.8. The average molecular weight is 1940 g/mol. The largest absolute Gasteiger partial charge is 0.424 e. The van der Waals surface area contributed by atoms with E-state index in [1.165, 1.54) is 48.5 Å². The van der Waals surface area contributed by atoms with Gasteiger partial charge in [-0.05, 0) is 301 Å². The maximum absolute atomic E-state index is 13.2. The molecular formula is C91H131ClF4N16O14S5. The summed E-state index contributed by atoms with van der Waals surface area (Å²) in [6, 6.07) is 29.6. The first-order chi connectivity index (χ1) is 61.9. The van der Waals surface area contributed by atoms with Crippen molar-refractivity contribution in [2.45, 2.75) is 280 Å². The highest BCUT2D eigenvalue weighted by molar-refractivity contribution is 7.91. The third-order valence-electron chi connectivity index (χ3n) is 25.3. The summed E-state index contributed by atoms with van der Waals surface area (Å²) in [4.78, 5) is 17.2. The summed E-state index contributed by atoms with van der Waals surface area (Å²) < 4.78 is 210. The Labute approximate surface area is 773 Å². The smallest absolute Gasteiger partial charge is 0.295 e. The van der Waals surface area contributed by atoms with Crippen LogP contribution in [0.5, 0.6) is 0 Å². The first-order valence-corrected chi connectivity index (χ1v) is 53.7. The number of hydrogen-bond acceptors (Lipinski definition) is 24. The Morgan fingerprint density at radius 2 is 0.672 bits per heavy atom. The van der Waals surface area contributed by atoms with Gasteiger partial charge in [0.2, 0.25) is 50.1 Å². The van der Waals surface area contributed by atoms with Gasteiger partial charge >= 0.3 is 0 Å². The van der Waals surface area contributed by atoms with Crippen LogP contribution in [0.2, 0.25) is 5.02 Å². The molecule has 5 aliphatic carbocycles. The van der Waals surface area contributed by atoms with Crippen LogP contribution in [0.15, 0.2) is 127 Å². The molecule has 724 valence electrons. The van der Waals surface area contributed by atoms with Gasteiger partial charge in [0.15, 0.2) is 22.3 Å². The number of nitrogens with one attached hydrogen (secondary N) is 10. The molecule has 0 spiro atoms. The monoisotopic (exact) mass is 1940 g/mol. The van der Waals surface area contributed by atoms with Gasteiger partial charge in [0.05, 0.1) is 36.0 Å². The van der Waals surface area contributed by atoms with Crippen LogP contribution in [0, 0.1) is 52.9 Å². The fourth-order valence-corrected chi connectivity index (χ4v) is 21.1. The van der Waals surface area contributed by atoms with E-state index in [9.17, 15) is 59.7 Å². The molecule has 2 atom stereocenters. The number of oxazole rings is 4. The van der Waals surface area contributed by atoms with Crippen molar-refractivity contribution in [2.24, 2.45) is 29.6 Å². The molecule has 0 aliphatic heterocycles. The first-order valence-electron chi connectivity index (χ1n) is 45.7. The van der Waals surface area contributed by atoms with E-state index in [0.29, 0.717) is 155 Å². The van der Waals surface area contributed by atoms with E-state index < -0.39 is 59.6 Å². The Kier molecular flexibility index (Phi) is 36.1. The van der Waals surface area contributed by atoms with Crippen molar-refractivity contribution in [2.75, 3.05) is 59.3 Å². The molecule has 30 nitrogen and oxygen atoms in total. The minimum Gasteiger partial charge on any atom is -0.424 e. The lowest BCUT2D eigenvalue weighted by atomic mass is 9.86. The molecule has 40 heteroatoms. The van der Waals surface area contributed by atoms with E-state index in [1.807, 2.05) is 50.4 Å². The molecule has 0 saturated heterocycles. The highest BCUT2D eigenvalue weighted by atomic mass is 35.5. The zero-order valence-corrected chi connectivity index (χ0v) is 81.7. The molecule has 0 radical (unpaired) electrons. The number of sulfonamides is 5. The van der Waals surface area contributed by atoms with E-state index in [2.05, 4.69) is 75.2 Å². The maximum Gasteiger partial charge on any atom is 0.295 e. The van der Waals surface area contributed by atoms with Crippen molar-refractivity contribution in [3.8, 4) is 5.69 Å². The van der Waals surface area contributed by atoms with Crippen LogP contribution >= 0.6 is 11.6 Å². The van der Waals surface area contributed by atoms with Gasteiger partial charge in [-0.15, -0.1) is 0 Å². The van der Waals surface area contributed by atoms with Crippen LogP contribution in [0.25, 0.3) is 50.1 Å². The van der Waals surface area contributed by atoms with Crippen LogP contribution in [0.4, 0.5) is 47.4 Å². The second-order valence-electron chi connectivity index (χ2n) is 37.5. The van der Waals surface area contributed by atoms with Gasteiger partial charge in [0, 0.05) is 99.5 Å². The third kappa shape index (κ3) is 30.4. The molecular weight excluding hydrogens is 1810 g/mol. The lowest BCUT2D eigenvalue weighted by molar-refractivity contribution is 0.333. The molecule has 5 fully saturated rings. The molecule has 131 heavy (non-hydrogen) atoms. The number of hydrogen-bond donors (Lipinski definition) is 10. The van der Waals surface area contributed by atoms with Crippen molar-refractivity contribution in [3.63, 3.8) is 0 Å². The maximum atomic E-state index is 13.2. The molecule has 5 aromatic heterocycles. The van der Waals surface area contributed by atoms with E-state index in [-0.39, 0.29) is 63.2 Å². The number of nitrogens with zero attached hydrogens (tertiary/aromatic N) is 6. The van der Waals surface area contributed by atoms with E-state index in [4.69, 9.17) is 29.3 Å². The normalized spacial score (nSPS) is 21.8. The minimum absolute atomic E-state index is 0.225. The highest BCUT2D eigenvalue weighted by Crippen LogP contribution is 2.35. The number of para-hydroxylation sites is 1. The van der Waals surface area contributed by atoms with Crippen molar-refractivity contribution >= 4 is 136 Å². The average Bonchev–Trinajstić information content (AvgIpc) is 1.66. The standard InChI is InChI=1S/C19H27ClN4O2S.4C18H26FN3O3S/c1-14(2)27(25,26)21-13-15-7-9-16(10-8-15)22-19-11-12-24(23-19)18-6-4-3-5-17(18)20;1-18(2,3)26(23,24)20-11-12-4-7-14(8-5-12)21-17-22-15-10-13(19)6-9-16(15)25-17;1-18(2,3)26(23,24)20-11-12-4-7-14(8-5-12)21-17-22-15-9-6-13(19)10-16(15)25-17;1-3-12(2)26(23,24)20-11-13-4-7-15(8-5-13)21-18-22-16-10-14(19)6-9-17(16)25-18;1-3-12(2)26(23,24)20-11-13-4-7-15(8-5-13)21-18-22-16-9-6-14(19)10-17(16)25-18/h3-6,11-12,14-16,21H,7-10,13H2,1-2H3,(H,22,23);2*6,9-10,12,14,20H,4-5,7-8,11H2,1-3H3,(H,21,22);2*6,9-10,12-13,15,20H,3-5,7-8,11H2,1-2H3,(H,21,22). The van der Waals surface area contributed by atoms with Crippen molar-refractivity contribution in [1.29, 1.82) is 0 Å². The van der Waals surface area contributed by atoms with Crippen molar-refractivity contribution in [1.82, 2.24) is 53.3 Å². The summed E-state index contributed by atoms with van der Waals surface area (Å²) in [5.41, 5.74) is 5.08. The lowest BCUT2D eigenvalue weighted by Crippen LogP contribution is -2.42. The zero-order chi connectivity index (χ0) is 94.8. The lowest BCUT2D eigenvalue weighted by Gasteiger charge is -2.29. The Morgan fingerprint density at radius 1 is 0.374 bits per heavy atom. The fraction of sp³-hybridized carbons (Fsp3) is 0.593. The third-order valence-corrected chi connectivity index (χ3v) is 35.6. The highest BCUT2D eigenvalue weighted by Gasteiger charge is 2.35. The van der Waals surface area contributed by atoms with Gasteiger partial charge < -0.3 is 44.3 Å². The second-order valence-corrected chi connectivity index (χ2v) is 49.7. The molecule has 5 aromatic carbocycles. The Hall–Kier alpha value is -8.25. The van der Waals surface area contributed by atoms with Gasteiger partial charge in [-0.25, -0.2) is 87.9 Å². The predicted molar refractivity (Wildman–Crippen MR) is 510 cm³/mol. The SMILES string of the molecule is CC(C)(C)S(=O)(=O)NCC1CCC(Nc2nc3cc(F)ccc3o2)CC1.CC(C)(C)S(=O)(=O)NCC1CCC(Nc2nc3ccc(F)cc3o2)CC1.CC(C)S(=O)(=O)NCC1CCC(Nc2ccn(-c3ccccc3Cl)n2)CC1.CCC(C)S(=O)(=O)NCC1CCC(Nc2nc3cc(F)ccc3o2)CC1.CCC(C)S(=O)(=O)NCC1CCC(Nc2nc3ccc(F)cc3o2)CC1. The van der Waals surface area contributed by atoms with Gasteiger partial charge in [-0.3, -0.25) is 0 Å². The van der Waals surface area contributed by atoms with Crippen LogP contribution < -0.4 is 50.2 Å². The van der Waals surface area contributed by atoms with Crippen molar-refractivity contribution in [3.05, 3.63) is 138 Å². The van der Waals surface area contributed by atoms with Crippen LogP contribution in [0.1, 0.15) is 224 Å². The molecule has 5 saturated carbocycles. The summed E-state index contributed by atoms with van der Waals surface area (Å²) in [6.07, 6.45) is 21.9. The molecule has 5 aliphatic rings. The number of fused-ring (bicyclic) bond motifs is 4. The number of benzene rings is 5. The summed E-state index contributed by atoms with van der Waals surface area (Å²) in [7, 11) is -16.2. The van der Waals surface area contributed by atoms with E-state index in [0.717, 1.165) is 140 Å². The summed E-state index contributed by atoms with van der Waals surface area (Å²) in [6.45, 7) is 23.3. The Bertz CT molecular complexity index is 5670. The van der Waals surface area contributed by atoms with E-state index >= 15 is 0 Å². The minimum atomic E-state index is -3.30. The molecule has 10 aromatic rings. The van der Waals surface area contributed by atoms with Crippen LogP contribution in [-0.2, 0) is 50.1 Å². The van der Waals surface area contributed by atoms with Crippen LogP contribution in [0.3, 0.4) is 0 Å². The van der Waals surface area contributed by atoms with Crippen molar-refractivity contribution < 1.29 is 77.3 Å². The quantitative estimate of drug-likeness (QED) is 0.0180. The second kappa shape index (κ2) is 45.9. The number of anilines is 5. The summed E-state index contributed by atoms with van der Waals surface area (Å²) >= 11 is 6.23. The Balaban J connectivity index is 0.000000158. The molecule has 15 rings (SSSR count). The molecule has 10 N–H and O–H groups in total. The number of halogens is 5. The van der Waals surface area contributed by atoms with Gasteiger partial charge in [0.1, 0.15) is 51.2 Å². The predicted octanol–water partition coefficient (Wildman–Crippen LogP) is 18.4. The number of rotatable bonds is 31. The topological polar surface area (TPSA) is 413 Å². The molecule has 2 unspecified atom stereocenters. The summed E-state index contributed by atoms with van der Waals surface area (Å²) in [5, 5.41) is 20.7. The number of aromatic nitrogens is 6. The molecule has 5 heterocycles. The fourth-order valence-electron chi connectivity index (χ4n) is 16.0. The molecule has 0 amide bonds. The van der Waals surface area contributed by atoms with Gasteiger partial charge in [-0.2, -0.15) is 25.0 Å². The molecule has 0 bridgehead atoms.